The van der Waals surface area contributed by atoms with E-state index in [1.165, 1.54) is 6.42 Å². The maximum absolute atomic E-state index is 9.21. The van der Waals surface area contributed by atoms with E-state index < -0.39 is 7.12 Å². The first-order valence-corrected chi connectivity index (χ1v) is 6.67. The Bertz CT molecular complexity index is 484. The molecule has 0 aliphatic carbocycles. The summed E-state index contributed by atoms with van der Waals surface area (Å²) in [5.74, 6) is 0.204. The Morgan fingerprint density at radius 2 is 1.37 bits per heavy atom. The van der Waals surface area contributed by atoms with Crippen molar-refractivity contribution in [3.63, 3.8) is 0 Å². The van der Waals surface area contributed by atoms with E-state index in [2.05, 4.69) is 13.8 Å². The van der Waals surface area contributed by atoms with Crippen molar-refractivity contribution in [1.29, 1.82) is 0 Å². The van der Waals surface area contributed by atoms with Gasteiger partial charge in [0.05, 0.1) is 0 Å². The van der Waals surface area contributed by atoms with Gasteiger partial charge < -0.3 is 15.2 Å². The first kappa shape index (κ1) is 17.5. The molecule has 0 saturated heterocycles. The van der Waals surface area contributed by atoms with Gasteiger partial charge in [-0.25, -0.2) is 0 Å². The van der Waals surface area contributed by atoms with Crippen molar-refractivity contribution in [3.05, 3.63) is 36.4 Å². The van der Waals surface area contributed by atoms with E-state index in [9.17, 15) is 5.11 Å². The molecule has 104 valence electrons. The lowest BCUT2D eigenvalue weighted by Crippen LogP contribution is -2.29. The lowest BCUT2D eigenvalue weighted by molar-refractivity contribution is 0.426. The molecule has 0 atom stereocenters. The highest BCUT2D eigenvalue weighted by molar-refractivity contribution is 6.58. The first-order valence-electron chi connectivity index (χ1n) is 6.67. The highest BCUT2D eigenvalue weighted by atomic mass is 16.4. The molecule has 2 aromatic rings. The number of hydrogen-bond donors (Lipinski definition) is 3. The van der Waals surface area contributed by atoms with Crippen molar-refractivity contribution in [2.45, 2.75) is 34.1 Å². The van der Waals surface area contributed by atoms with Crippen molar-refractivity contribution < 1.29 is 15.2 Å². The van der Waals surface area contributed by atoms with Crippen molar-refractivity contribution in [3.8, 4) is 5.75 Å². The fourth-order valence-electron chi connectivity index (χ4n) is 1.41. The van der Waals surface area contributed by atoms with Gasteiger partial charge >= 0.3 is 7.12 Å². The van der Waals surface area contributed by atoms with E-state index >= 15 is 0 Å². The summed E-state index contributed by atoms with van der Waals surface area (Å²) < 4.78 is 0. The summed E-state index contributed by atoms with van der Waals surface area (Å²) >= 11 is 0. The average Bonchev–Trinajstić information content (AvgIpc) is 2.41. The fourth-order valence-corrected chi connectivity index (χ4v) is 1.41. The van der Waals surface area contributed by atoms with Gasteiger partial charge in [-0.1, -0.05) is 58.4 Å². The van der Waals surface area contributed by atoms with Crippen LogP contribution in [0.4, 0.5) is 0 Å². The third-order valence-corrected chi connectivity index (χ3v) is 2.15. The second-order valence-electron chi connectivity index (χ2n) is 3.87. The minimum absolute atomic E-state index is 0.204. The summed E-state index contributed by atoms with van der Waals surface area (Å²) in [6, 6.07) is 9.96. The maximum Gasteiger partial charge on any atom is 0.488 e. The van der Waals surface area contributed by atoms with Crippen LogP contribution in [0.5, 0.6) is 5.75 Å². The number of benzene rings is 2. The van der Waals surface area contributed by atoms with Crippen LogP contribution in [-0.2, 0) is 0 Å². The summed E-state index contributed by atoms with van der Waals surface area (Å²) in [4.78, 5) is 0. The molecule has 0 saturated carbocycles. The van der Waals surface area contributed by atoms with Crippen LogP contribution >= 0.6 is 0 Å². The molecular formula is C15H23BO3. The van der Waals surface area contributed by atoms with Gasteiger partial charge in [0.2, 0.25) is 0 Å². The minimum Gasteiger partial charge on any atom is -0.508 e. The Labute approximate surface area is 115 Å². The van der Waals surface area contributed by atoms with E-state index in [0.29, 0.717) is 5.46 Å². The third kappa shape index (κ3) is 5.77. The molecule has 0 fully saturated rings. The molecule has 0 aliphatic rings. The molecule has 0 unspecified atom stereocenters. The summed E-state index contributed by atoms with van der Waals surface area (Å²) in [6.07, 6.45) is 1.25. The van der Waals surface area contributed by atoms with Crippen LogP contribution < -0.4 is 5.46 Å². The number of aromatic hydroxyl groups is 1. The smallest absolute Gasteiger partial charge is 0.488 e. The summed E-state index contributed by atoms with van der Waals surface area (Å²) in [5, 5.41) is 28.8. The molecule has 0 amide bonds. The number of rotatable bonds is 1. The SMILES string of the molecule is CC.CCC.OB(O)c1ccc2cc(O)ccc2c1. The van der Waals surface area contributed by atoms with Crippen LogP contribution in [0.3, 0.4) is 0 Å². The molecule has 2 rings (SSSR count). The molecule has 0 heterocycles. The van der Waals surface area contributed by atoms with Crippen molar-refractivity contribution >= 4 is 23.4 Å². The predicted molar refractivity (Wildman–Crippen MR) is 82.8 cm³/mol. The Balaban J connectivity index is 0.000000573. The highest BCUT2D eigenvalue weighted by Crippen LogP contribution is 2.18. The number of phenols is 1. The second kappa shape index (κ2) is 9.42. The van der Waals surface area contributed by atoms with Crippen LogP contribution in [0.15, 0.2) is 36.4 Å². The Morgan fingerprint density at radius 3 is 1.89 bits per heavy atom. The molecule has 0 aliphatic heterocycles. The summed E-state index contributed by atoms with van der Waals surface area (Å²) in [6.45, 7) is 8.25. The normalized spacial score (nSPS) is 8.95. The zero-order valence-corrected chi connectivity index (χ0v) is 12.1. The third-order valence-electron chi connectivity index (χ3n) is 2.15. The van der Waals surface area contributed by atoms with Gasteiger partial charge in [0.15, 0.2) is 0 Å². The van der Waals surface area contributed by atoms with Crippen molar-refractivity contribution in [2.75, 3.05) is 0 Å². The molecule has 3 nitrogen and oxygen atoms in total. The maximum atomic E-state index is 9.21. The molecule has 4 heteroatoms. The van der Waals surface area contributed by atoms with Crippen LogP contribution in [-0.4, -0.2) is 22.3 Å². The monoisotopic (exact) mass is 262 g/mol. The van der Waals surface area contributed by atoms with E-state index in [0.717, 1.165) is 10.8 Å². The predicted octanol–water partition coefficient (Wildman–Crippen LogP) is 2.67. The van der Waals surface area contributed by atoms with Crippen LogP contribution in [0, 0.1) is 0 Å². The second-order valence-corrected chi connectivity index (χ2v) is 3.87. The number of phenolic OH excluding ortho intramolecular Hbond substituents is 1. The zero-order valence-electron chi connectivity index (χ0n) is 12.1. The quantitative estimate of drug-likeness (QED) is 0.692. The molecule has 2 aromatic carbocycles. The fraction of sp³-hybridized carbons (Fsp3) is 0.333. The molecule has 3 N–H and O–H groups in total. The number of fused-ring (bicyclic) bond motifs is 1. The van der Waals surface area contributed by atoms with Gasteiger partial charge in [-0.05, 0) is 28.4 Å². The van der Waals surface area contributed by atoms with Gasteiger partial charge in [-0.15, -0.1) is 0 Å². The van der Waals surface area contributed by atoms with Crippen molar-refractivity contribution in [1.82, 2.24) is 0 Å². The summed E-state index contributed by atoms with van der Waals surface area (Å²) in [7, 11) is -1.45. The van der Waals surface area contributed by atoms with Gasteiger partial charge in [0.25, 0.3) is 0 Å². The Kier molecular flexibility index (Phi) is 8.67. The van der Waals surface area contributed by atoms with Crippen LogP contribution in [0.1, 0.15) is 34.1 Å². The lowest BCUT2D eigenvalue weighted by atomic mass is 9.79. The molecule has 0 aromatic heterocycles. The Morgan fingerprint density at radius 1 is 0.895 bits per heavy atom. The molecule has 0 radical (unpaired) electrons. The molecule has 0 bridgehead atoms. The first-order chi connectivity index (χ1) is 9.08. The summed E-state index contributed by atoms with van der Waals surface area (Å²) in [5.41, 5.74) is 0.447. The van der Waals surface area contributed by atoms with E-state index in [1.54, 1.807) is 36.4 Å². The van der Waals surface area contributed by atoms with Crippen molar-refractivity contribution in [2.24, 2.45) is 0 Å². The van der Waals surface area contributed by atoms with E-state index in [1.807, 2.05) is 13.8 Å². The molecule has 0 spiro atoms. The van der Waals surface area contributed by atoms with Gasteiger partial charge in [-0.3, -0.25) is 0 Å². The van der Waals surface area contributed by atoms with Crippen LogP contribution in [0.25, 0.3) is 10.8 Å². The van der Waals surface area contributed by atoms with E-state index in [4.69, 9.17) is 10.0 Å². The van der Waals surface area contributed by atoms with Gasteiger partial charge in [0.1, 0.15) is 5.75 Å². The molecule has 19 heavy (non-hydrogen) atoms. The highest BCUT2D eigenvalue weighted by Gasteiger charge is 2.10. The van der Waals surface area contributed by atoms with E-state index in [-0.39, 0.29) is 5.75 Å². The van der Waals surface area contributed by atoms with Crippen LogP contribution in [0.2, 0.25) is 0 Å². The largest absolute Gasteiger partial charge is 0.508 e. The topological polar surface area (TPSA) is 60.7 Å². The Hall–Kier alpha value is -1.52. The number of hydrogen-bond acceptors (Lipinski definition) is 3. The van der Waals surface area contributed by atoms with Gasteiger partial charge in [0, 0.05) is 0 Å². The standard InChI is InChI=1S/C10H9BO3.C3H8.C2H6/c12-10-4-2-7-5-9(11(13)14)3-1-8(7)6-10;1-3-2;1-2/h1-6,12-14H;3H2,1-2H3;1-2H3. The lowest BCUT2D eigenvalue weighted by Gasteiger charge is -2.02. The average molecular weight is 262 g/mol. The molecular weight excluding hydrogens is 239 g/mol. The minimum atomic E-state index is -1.45. The van der Waals surface area contributed by atoms with Gasteiger partial charge in [-0.2, -0.15) is 0 Å². The zero-order chi connectivity index (χ0) is 14.8.